The molecular weight excluding hydrogens is 791 g/mol. The fourth-order valence-corrected chi connectivity index (χ4v) is 7.70. The average molecular weight is 892 g/mol. The van der Waals surface area contributed by atoms with Gasteiger partial charge in [0.25, 0.3) is 0 Å². The number of unbranched alkanes of at least 4 members (excludes halogenated alkanes) is 24. The molecule has 3 atom stereocenters. The summed E-state index contributed by atoms with van der Waals surface area (Å²) in [4.78, 5) is 26.2. The summed E-state index contributed by atoms with van der Waals surface area (Å²) in [6, 6.07) is -0.737. The predicted molar refractivity (Wildman–Crippen MR) is 278 cm³/mol. The van der Waals surface area contributed by atoms with Crippen molar-refractivity contribution in [3.05, 3.63) is 85.1 Å². The van der Waals surface area contributed by atoms with Crippen molar-refractivity contribution in [1.82, 2.24) is 5.32 Å². The van der Waals surface area contributed by atoms with Crippen LogP contribution in [0.4, 0.5) is 0 Å². The summed E-state index contributed by atoms with van der Waals surface area (Å²) in [6.45, 7) is 6.30. The Hall–Kier alpha value is -2.96. The maximum atomic E-state index is 13.2. The van der Waals surface area contributed by atoms with Gasteiger partial charge in [-0.2, -0.15) is 0 Å². The maximum absolute atomic E-state index is 13.2. The SMILES string of the molecule is CC/C=C/C=C/C=C/CCCCCCCCCC(=O)OC(C/C=C\C/C=C\C/C=C\C/C=C\CCCCC)CC(=O)NC(CO)C(O)CCCCCCCCCCCCCCCCC. The van der Waals surface area contributed by atoms with Gasteiger partial charge < -0.3 is 20.3 Å². The summed E-state index contributed by atoms with van der Waals surface area (Å²) < 4.78 is 5.87. The van der Waals surface area contributed by atoms with E-state index < -0.39 is 18.2 Å². The zero-order chi connectivity index (χ0) is 46.7. The molecule has 0 saturated carbocycles. The number of amides is 1. The van der Waals surface area contributed by atoms with Crippen LogP contribution in [0.5, 0.6) is 0 Å². The van der Waals surface area contributed by atoms with Gasteiger partial charge >= 0.3 is 5.97 Å². The van der Waals surface area contributed by atoms with Crippen LogP contribution in [-0.2, 0) is 14.3 Å². The largest absolute Gasteiger partial charge is 0.461 e. The molecule has 0 radical (unpaired) electrons. The van der Waals surface area contributed by atoms with Crippen molar-refractivity contribution in [3.8, 4) is 0 Å². The minimum Gasteiger partial charge on any atom is -0.461 e. The monoisotopic (exact) mass is 892 g/mol. The third-order valence-electron chi connectivity index (χ3n) is 11.8. The van der Waals surface area contributed by atoms with Crippen molar-refractivity contribution in [2.75, 3.05) is 6.61 Å². The molecule has 0 fully saturated rings. The third kappa shape index (κ3) is 45.6. The van der Waals surface area contributed by atoms with Crippen molar-refractivity contribution in [1.29, 1.82) is 0 Å². The lowest BCUT2D eigenvalue weighted by molar-refractivity contribution is -0.150. The average Bonchev–Trinajstić information content (AvgIpc) is 3.29. The summed E-state index contributed by atoms with van der Waals surface area (Å²) >= 11 is 0. The molecular formula is C58H101NO5. The first-order chi connectivity index (χ1) is 31.5. The van der Waals surface area contributed by atoms with Crippen molar-refractivity contribution in [2.45, 2.75) is 264 Å². The van der Waals surface area contributed by atoms with Crippen LogP contribution in [0.15, 0.2) is 85.1 Å². The van der Waals surface area contributed by atoms with Crippen molar-refractivity contribution in [3.63, 3.8) is 0 Å². The molecule has 64 heavy (non-hydrogen) atoms. The van der Waals surface area contributed by atoms with E-state index in [-0.39, 0.29) is 24.9 Å². The van der Waals surface area contributed by atoms with E-state index in [4.69, 9.17) is 4.74 Å². The van der Waals surface area contributed by atoms with Crippen molar-refractivity contribution in [2.24, 2.45) is 0 Å². The second-order valence-electron chi connectivity index (χ2n) is 18.0. The number of aliphatic hydroxyl groups excluding tert-OH is 2. The minimum absolute atomic E-state index is 0.00662. The van der Waals surface area contributed by atoms with Gasteiger partial charge in [0.1, 0.15) is 6.10 Å². The molecule has 0 rings (SSSR count). The second kappa shape index (κ2) is 51.0. The highest BCUT2D eigenvalue weighted by atomic mass is 16.5. The summed E-state index contributed by atoms with van der Waals surface area (Å²) in [5.41, 5.74) is 0. The Morgan fingerprint density at radius 2 is 0.938 bits per heavy atom. The molecule has 0 aromatic carbocycles. The molecule has 0 spiro atoms. The fraction of sp³-hybridized carbons (Fsp3) is 0.724. The first kappa shape index (κ1) is 61.0. The molecule has 0 heterocycles. The van der Waals surface area contributed by atoms with Crippen LogP contribution in [-0.4, -0.2) is 46.9 Å². The molecule has 6 heteroatoms. The Bertz CT molecular complexity index is 1230. The molecule has 0 aromatic rings. The Kier molecular flexibility index (Phi) is 48.7. The number of allylic oxidation sites excluding steroid dienone is 13. The third-order valence-corrected chi connectivity index (χ3v) is 11.8. The number of aliphatic hydroxyl groups is 2. The van der Waals surface area contributed by atoms with Gasteiger partial charge in [-0.25, -0.2) is 0 Å². The molecule has 1 amide bonds. The number of carbonyl (C=O) groups is 2. The van der Waals surface area contributed by atoms with Crippen molar-refractivity contribution < 1.29 is 24.5 Å². The Morgan fingerprint density at radius 1 is 0.500 bits per heavy atom. The molecule has 3 N–H and O–H groups in total. The fourth-order valence-electron chi connectivity index (χ4n) is 7.70. The normalized spacial score (nSPS) is 13.9. The second-order valence-corrected chi connectivity index (χ2v) is 18.0. The first-order valence-corrected chi connectivity index (χ1v) is 26.8. The highest BCUT2D eigenvalue weighted by Crippen LogP contribution is 2.16. The lowest BCUT2D eigenvalue weighted by Crippen LogP contribution is -2.46. The molecule has 0 aliphatic carbocycles. The summed E-state index contributed by atoms with van der Waals surface area (Å²) in [6.07, 6.45) is 66.6. The molecule has 0 aromatic heterocycles. The van der Waals surface area contributed by atoms with E-state index in [0.29, 0.717) is 19.3 Å². The van der Waals surface area contributed by atoms with Gasteiger partial charge in [0.15, 0.2) is 0 Å². The Morgan fingerprint density at radius 3 is 1.48 bits per heavy atom. The van der Waals surface area contributed by atoms with Gasteiger partial charge in [-0.1, -0.05) is 247 Å². The summed E-state index contributed by atoms with van der Waals surface area (Å²) in [5, 5.41) is 23.8. The highest BCUT2D eigenvalue weighted by Gasteiger charge is 2.23. The number of ether oxygens (including phenoxy) is 1. The van der Waals surface area contributed by atoms with E-state index in [0.717, 1.165) is 70.6 Å². The van der Waals surface area contributed by atoms with Crippen LogP contribution in [0.25, 0.3) is 0 Å². The van der Waals surface area contributed by atoms with E-state index in [1.165, 1.54) is 128 Å². The van der Waals surface area contributed by atoms with Gasteiger partial charge in [-0.15, -0.1) is 0 Å². The Balaban J connectivity index is 4.71. The smallest absolute Gasteiger partial charge is 0.306 e. The summed E-state index contributed by atoms with van der Waals surface area (Å²) in [7, 11) is 0. The van der Waals surface area contributed by atoms with Gasteiger partial charge in [0, 0.05) is 12.8 Å². The van der Waals surface area contributed by atoms with Crippen LogP contribution in [0, 0.1) is 0 Å². The lowest BCUT2D eigenvalue weighted by atomic mass is 10.0. The molecule has 0 aliphatic rings. The van der Waals surface area contributed by atoms with Gasteiger partial charge in [0.05, 0.1) is 25.2 Å². The molecule has 0 aliphatic heterocycles. The van der Waals surface area contributed by atoms with Crippen LogP contribution in [0.1, 0.15) is 245 Å². The molecule has 0 saturated heterocycles. The van der Waals surface area contributed by atoms with E-state index in [1.807, 2.05) is 6.08 Å². The number of nitrogens with one attached hydrogen (secondary N) is 1. The van der Waals surface area contributed by atoms with E-state index in [1.54, 1.807) is 0 Å². The van der Waals surface area contributed by atoms with Crippen molar-refractivity contribution >= 4 is 11.9 Å². The quantitative estimate of drug-likeness (QED) is 0.0245. The standard InChI is InChI=1S/C58H101NO5/c1-4-7-10-13-16-19-22-25-28-31-34-37-40-43-46-49-54(64-58(63)51-48-45-42-39-36-33-30-27-24-21-18-15-12-9-6-3)52-57(62)59-55(53-60)56(61)50-47-44-41-38-35-32-29-26-23-20-17-14-11-8-5-2/h9,12,15-16,18-19,21,24-25,28,34,37,43,46,54-56,60-61H,4-8,10-11,13-14,17,20,22-23,26-27,29-33,35-36,38-42,44-45,47-53H2,1-3H3,(H,59,62)/b12-9+,18-15+,19-16-,24-21+,28-25-,37-34-,46-43-. The molecule has 0 bridgehead atoms. The Labute approximate surface area is 395 Å². The van der Waals surface area contributed by atoms with Crippen LogP contribution < -0.4 is 5.32 Å². The first-order valence-electron chi connectivity index (χ1n) is 26.8. The minimum atomic E-state index is -0.817. The zero-order valence-electron chi connectivity index (χ0n) is 41.9. The lowest BCUT2D eigenvalue weighted by Gasteiger charge is -2.24. The number of rotatable bonds is 47. The van der Waals surface area contributed by atoms with E-state index in [9.17, 15) is 19.8 Å². The van der Waals surface area contributed by atoms with Crippen LogP contribution in [0.3, 0.4) is 0 Å². The van der Waals surface area contributed by atoms with Gasteiger partial charge in [-0.05, 0) is 64.2 Å². The summed E-state index contributed by atoms with van der Waals surface area (Å²) in [5.74, 6) is -0.592. The number of hydrogen-bond acceptors (Lipinski definition) is 5. The molecule has 6 nitrogen and oxygen atoms in total. The number of esters is 1. The maximum Gasteiger partial charge on any atom is 0.306 e. The van der Waals surface area contributed by atoms with Crippen LogP contribution >= 0.6 is 0 Å². The highest BCUT2D eigenvalue weighted by molar-refractivity contribution is 5.77. The molecule has 368 valence electrons. The van der Waals surface area contributed by atoms with E-state index >= 15 is 0 Å². The van der Waals surface area contributed by atoms with Gasteiger partial charge in [0.2, 0.25) is 5.91 Å². The predicted octanol–water partition coefficient (Wildman–Crippen LogP) is 16.3. The zero-order valence-corrected chi connectivity index (χ0v) is 41.9. The van der Waals surface area contributed by atoms with E-state index in [2.05, 4.69) is 105 Å². The topological polar surface area (TPSA) is 95.9 Å². The van der Waals surface area contributed by atoms with Gasteiger partial charge in [-0.3, -0.25) is 9.59 Å². The molecule has 3 unspecified atom stereocenters. The number of carbonyl (C=O) groups excluding carboxylic acids is 2. The van der Waals surface area contributed by atoms with Crippen LogP contribution in [0.2, 0.25) is 0 Å². The number of hydrogen-bond donors (Lipinski definition) is 3.